The minimum Gasteiger partial charge on any atom is -0.342 e. The van der Waals surface area contributed by atoms with Crippen molar-refractivity contribution in [1.82, 2.24) is 15.0 Å². The van der Waals surface area contributed by atoms with Crippen molar-refractivity contribution in [2.75, 3.05) is 13.1 Å². The lowest BCUT2D eigenvalue weighted by Gasteiger charge is -2.19. The molecule has 1 unspecified atom stereocenters. The quantitative estimate of drug-likeness (QED) is 0.794. The summed E-state index contributed by atoms with van der Waals surface area (Å²) in [5, 5.41) is 4.11. The molecular formula is C15H21N3O2. The third-order valence-corrected chi connectivity index (χ3v) is 4.42. The second-order valence-corrected chi connectivity index (χ2v) is 6.20. The van der Waals surface area contributed by atoms with Gasteiger partial charge in [-0.3, -0.25) is 4.79 Å². The molecule has 20 heavy (non-hydrogen) atoms. The number of likely N-dealkylation sites (tertiary alicyclic amines) is 1. The van der Waals surface area contributed by atoms with Crippen LogP contribution in [0.25, 0.3) is 0 Å². The summed E-state index contributed by atoms with van der Waals surface area (Å²) >= 11 is 0. The SMILES string of the molecule is CC(=O)N1CCC(C)(c2nc(CC3=CCCC3)no2)C1. The molecule has 1 fully saturated rings. The van der Waals surface area contributed by atoms with Crippen LogP contribution in [0.2, 0.25) is 0 Å². The Balaban J connectivity index is 1.71. The zero-order valence-electron chi connectivity index (χ0n) is 12.2. The van der Waals surface area contributed by atoms with Gasteiger partial charge in [-0.2, -0.15) is 4.98 Å². The maximum Gasteiger partial charge on any atom is 0.234 e. The fourth-order valence-electron chi connectivity index (χ4n) is 3.08. The molecule has 1 aliphatic heterocycles. The summed E-state index contributed by atoms with van der Waals surface area (Å²) in [6, 6.07) is 0. The third kappa shape index (κ3) is 2.49. The number of carbonyl (C=O) groups is 1. The van der Waals surface area contributed by atoms with Crippen LogP contribution in [0.4, 0.5) is 0 Å². The summed E-state index contributed by atoms with van der Waals surface area (Å²) < 4.78 is 5.46. The van der Waals surface area contributed by atoms with Crippen LogP contribution in [0.3, 0.4) is 0 Å². The van der Waals surface area contributed by atoms with Crippen molar-refractivity contribution < 1.29 is 9.32 Å². The first-order valence-corrected chi connectivity index (χ1v) is 7.33. The fourth-order valence-corrected chi connectivity index (χ4v) is 3.08. The molecule has 0 radical (unpaired) electrons. The Kier molecular flexibility index (Phi) is 3.36. The first kappa shape index (κ1) is 13.3. The predicted molar refractivity (Wildman–Crippen MR) is 74.2 cm³/mol. The van der Waals surface area contributed by atoms with Crippen LogP contribution in [0.1, 0.15) is 51.2 Å². The number of hydrogen-bond acceptors (Lipinski definition) is 4. The molecule has 1 saturated heterocycles. The molecule has 3 rings (SSSR count). The first-order valence-electron chi connectivity index (χ1n) is 7.33. The number of carbonyl (C=O) groups excluding carboxylic acids is 1. The summed E-state index contributed by atoms with van der Waals surface area (Å²) in [7, 11) is 0. The van der Waals surface area contributed by atoms with Gasteiger partial charge in [0.1, 0.15) is 0 Å². The number of rotatable bonds is 3. The molecule has 1 atom stereocenters. The van der Waals surface area contributed by atoms with Gasteiger partial charge in [0.2, 0.25) is 11.8 Å². The van der Waals surface area contributed by atoms with E-state index in [2.05, 4.69) is 23.1 Å². The molecule has 1 aromatic rings. The minimum atomic E-state index is -0.193. The molecule has 0 N–H and O–H groups in total. The maximum atomic E-state index is 11.5. The Morgan fingerprint density at radius 1 is 1.55 bits per heavy atom. The lowest BCUT2D eigenvalue weighted by atomic mass is 9.90. The average Bonchev–Trinajstić information content (AvgIpc) is 3.10. The summed E-state index contributed by atoms with van der Waals surface area (Å²) in [5.41, 5.74) is 1.22. The Labute approximate surface area is 119 Å². The molecule has 108 valence electrons. The zero-order valence-corrected chi connectivity index (χ0v) is 12.2. The van der Waals surface area contributed by atoms with Crippen LogP contribution in [0.5, 0.6) is 0 Å². The maximum absolute atomic E-state index is 11.5. The molecule has 1 amide bonds. The van der Waals surface area contributed by atoms with Crippen LogP contribution in [-0.2, 0) is 16.6 Å². The Morgan fingerprint density at radius 2 is 2.40 bits per heavy atom. The monoisotopic (exact) mass is 275 g/mol. The topological polar surface area (TPSA) is 59.2 Å². The molecule has 0 aromatic carbocycles. The van der Waals surface area contributed by atoms with E-state index in [4.69, 9.17) is 4.52 Å². The lowest BCUT2D eigenvalue weighted by molar-refractivity contribution is -0.128. The van der Waals surface area contributed by atoms with E-state index in [1.165, 1.54) is 18.4 Å². The zero-order chi connectivity index (χ0) is 14.2. The van der Waals surface area contributed by atoms with Crippen LogP contribution in [0, 0.1) is 0 Å². The van der Waals surface area contributed by atoms with Crippen molar-refractivity contribution in [2.45, 2.75) is 51.4 Å². The highest BCUT2D eigenvalue weighted by molar-refractivity contribution is 5.73. The van der Waals surface area contributed by atoms with E-state index in [-0.39, 0.29) is 11.3 Å². The van der Waals surface area contributed by atoms with E-state index in [0.717, 1.165) is 31.6 Å². The van der Waals surface area contributed by atoms with E-state index in [0.29, 0.717) is 12.4 Å². The van der Waals surface area contributed by atoms with Gasteiger partial charge in [-0.1, -0.05) is 16.8 Å². The molecule has 5 heteroatoms. The molecule has 5 nitrogen and oxygen atoms in total. The second kappa shape index (κ2) is 5.04. The molecule has 2 aliphatic rings. The van der Waals surface area contributed by atoms with E-state index < -0.39 is 0 Å². The standard InChI is InChI=1S/C15H21N3O2/c1-11(19)18-8-7-15(2,10-18)14-16-13(17-20-14)9-12-5-3-4-6-12/h5H,3-4,6-10H2,1-2H3. The van der Waals surface area contributed by atoms with Crippen molar-refractivity contribution in [3.05, 3.63) is 23.4 Å². The van der Waals surface area contributed by atoms with Gasteiger partial charge in [-0.25, -0.2) is 0 Å². The highest BCUT2D eigenvalue weighted by Crippen LogP contribution is 2.33. The number of aromatic nitrogens is 2. The molecule has 0 saturated carbocycles. The van der Waals surface area contributed by atoms with Gasteiger partial charge in [0.15, 0.2) is 5.82 Å². The second-order valence-electron chi connectivity index (χ2n) is 6.20. The van der Waals surface area contributed by atoms with Gasteiger partial charge in [0.25, 0.3) is 0 Å². The Bertz CT molecular complexity index is 549. The number of amides is 1. The van der Waals surface area contributed by atoms with Crippen LogP contribution in [-0.4, -0.2) is 34.0 Å². The predicted octanol–water partition coefficient (Wildman–Crippen LogP) is 2.23. The van der Waals surface area contributed by atoms with Gasteiger partial charge in [0, 0.05) is 26.4 Å². The highest BCUT2D eigenvalue weighted by atomic mass is 16.5. The van der Waals surface area contributed by atoms with Crippen molar-refractivity contribution in [3.8, 4) is 0 Å². The van der Waals surface area contributed by atoms with Gasteiger partial charge < -0.3 is 9.42 Å². The summed E-state index contributed by atoms with van der Waals surface area (Å²) in [5.74, 6) is 1.56. The summed E-state index contributed by atoms with van der Waals surface area (Å²) in [6.45, 7) is 5.15. The highest BCUT2D eigenvalue weighted by Gasteiger charge is 2.41. The molecular weight excluding hydrogens is 254 g/mol. The first-order chi connectivity index (χ1) is 9.57. The van der Waals surface area contributed by atoms with E-state index in [1.807, 2.05) is 4.90 Å². The molecule has 1 aliphatic carbocycles. The van der Waals surface area contributed by atoms with Crippen LogP contribution < -0.4 is 0 Å². The van der Waals surface area contributed by atoms with E-state index >= 15 is 0 Å². The summed E-state index contributed by atoms with van der Waals surface area (Å²) in [6.07, 6.45) is 7.54. The largest absolute Gasteiger partial charge is 0.342 e. The summed E-state index contributed by atoms with van der Waals surface area (Å²) in [4.78, 5) is 17.9. The molecule has 1 aromatic heterocycles. The smallest absolute Gasteiger partial charge is 0.234 e. The van der Waals surface area contributed by atoms with Gasteiger partial charge in [-0.05, 0) is 32.6 Å². The Hall–Kier alpha value is -1.65. The number of hydrogen-bond donors (Lipinski definition) is 0. The molecule has 2 heterocycles. The van der Waals surface area contributed by atoms with Gasteiger partial charge >= 0.3 is 0 Å². The van der Waals surface area contributed by atoms with E-state index in [1.54, 1.807) is 6.92 Å². The number of nitrogens with zero attached hydrogens (tertiary/aromatic N) is 3. The normalized spacial score (nSPS) is 26.1. The van der Waals surface area contributed by atoms with Gasteiger partial charge in [0.05, 0.1) is 5.41 Å². The van der Waals surface area contributed by atoms with Crippen molar-refractivity contribution in [2.24, 2.45) is 0 Å². The van der Waals surface area contributed by atoms with Crippen LogP contribution in [0.15, 0.2) is 16.2 Å². The van der Waals surface area contributed by atoms with Gasteiger partial charge in [-0.15, -0.1) is 0 Å². The lowest BCUT2D eigenvalue weighted by Crippen LogP contribution is -2.31. The Morgan fingerprint density at radius 3 is 3.05 bits per heavy atom. The average molecular weight is 275 g/mol. The minimum absolute atomic E-state index is 0.115. The molecule has 0 spiro atoms. The van der Waals surface area contributed by atoms with E-state index in [9.17, 15) is 4.79 Å². The van der Waals surface area contributed by atoms with Crippen molar-refractivity contribution in [1.29, 1.82) is 0 Å². The third-order valence-electron chi connectivity index (χ3n) is 4.42. The van der Waals surface area contributed by atoms with Crippen molar-refractivity contribution >= 4 is 5.91 Å². The van der Waals surface area contributed by atoms with Crippen LogP contribution >= 0.6 is 0 Å². The number of allylic oxidation sites excluding steroid dienone is 2. The fraction of sp³-hybridized carbons (Fsp3) is 0.667. The van der Waals surface area contributed by atoms with Crippen molar-refractivity contribution in [3.63, 3.8) is 0 Å². The molecule has 0 bridgehead atoms.